The highest BCUT2D eigenvalue weighted by Crippen LogP contribution is 2.26. The van der Waals surface area contributed by atoms with Gasteiger partial charge >= 0.3 is 0 Å². The van der Waals surface area contributed by atoms with Gasteiger partial charge in [0.2, 0.25) is 5.95 Å². The predicted molar refractivity (Wildman–Crippen MR) is 123 cm³/mol. The third-order valence-corrected chi connectivity index (χ3v) is 5.14. The van der Waals surface area contributed by atoms with E-state index in [2.05, 4.69) is 66.0 Å². The van der Waals surface area contributed by atoms with Gasteiger partial charge in [-0.3, -0.25) is 0 Å². The first-order valence-corrected chi connectivity index (χ1v) is 10.6. The second-order valence-electron chi connectivity index (χ2n) is 7.48. The van der Waals surface area contributed by atoms with Gasteiger partial charge in [0.15, 0.2) is 5.65 Å². The number of anilines is 2. The summed E-state index contributed by atoms with van der Waals surface area (Å²) in [5.74, 6) is 1.43. The third kappa shape index (κ3) is 4.59. The van der Waals surface area contributed by atoms with Gasteiger partial charge in [0, 0.05) is 12.6 Å². The molecule has 0 saturated carbocycles. The van der Waals surface area contributed by atoms with Crippen molar-refractivity contribution in [2.24, 2.45) is 0 Å². The van der Waals surface area contributed by atoms with Crippen molar-refractivity contribution in [3.8, 4) is 0 Å². The van der Waals surface area contributed by atoms with E-state index in [1.165, 1.54) is 11.1 Å². The van der Waals surface area contributed by atoms with Crippen molar-refractivity contribution in [1.82, 2.24) is 19.7 Å². The van der Waals surface area contributed by atoms with Crippen LogP contribution < -0.4 is 10.6 Å². The first-order chi connectivity index (χ1) is 14.7. The van der Waals surface area contributed by atoms with Crippen molar-refractivity contribution in [2.75, 3.05) is 17.2 Å². The summed E-state index contributed by atoms with van der Waals surface area (Å²) in [5.41, 5.74) is 3.23. The molecule has 6 heteroatoms. The lowest BCUT2D eigenvalue weighted by Crippen LogP contribution is -2.12. The molecule has 1 atom stereocenters. The standard InChI is InChI=1S/C24H28N6/c1-3-4-15-25-24-28-22(27-18(2)20-13-9-6-10-14-20)21-16-26-30(23(21)29-24)17-19-11-7-5-8-12-19/h5-14,16,18H,3-4,15,17H2,1-2H3,(H2,25,27,28,29). The minimum atomic E-state index is 0.116. The highest BCUT2D eigenvalue weighted by molar-refractivity contribution is 5.87. The van der Waals surface area contributed by atoms with Gasteiger partial charge in [-0.05, 0) is 24.5 Å². The van der Waals surface area contributed by atoms with Crippen LogP contribution in [0.15, 0.2) is 66.9 Å². The van der Waals surface area contributed by atoms with Gasteiger partial charge in [-0.1, -0.05) is 74.0 Å². The molecule has 2 aromatic heterocycles. The van der Waals surface area contributed by atoms with Crippen LogP contribution in [0.4, 0.5) is 11.8 Å². The minimum Gasteiger partial charge on any atom is -0.363 e. The fraction of sp³-hybridized carbons (Fsp3) is 0.292. The molecule has 154 valence electrons. The minimum absolute atomic E-state index is 0.116. The van der Waals surface area contributed by atoms with Crippen LogP contribution in [0.1, 0.15) is 43.9 Å². The second kappa shape index (κ2) is 9.39. The number of nitrogens with one attached hydrogen (secondary N) is 2. The van der Waals surface area contributed by atoms with E-state index in [1.54, 1.807) is 0 Å². The number of nitrogens with zero attached hydrogens (tertiary/aromatic N) is 4. The maximum Gasteiger partial charge on any atom is 0.226 e. The van der Waals surface area contributed by atoms with Crippen molar-refractivity contribution in [1.29, 1.82) is 0 Å². The Morgan fingerprint density at radius 1 is 0.967 bits per heavy atom. The van der Waals surface area contributed by atoms with E-state index in [4.69, 9.17) is 9.97 Å². The quantitative estimate of drug-likeness (QED) is 0.375. The van der Waals surface area contributed by atoms with Crippen LogP contribution in [-0.4, -0.2) is 26.3 Å². The molecule has 2 aromatic carbocycles. The Hall–Kier alpha value is -3.41. The Labute approximate surface area is 177 Å². The molecule has 0 aliphatic rings. The average Bonchev–Trinajstić information content (AvgIpc) is 3.18. The van der Waals surface area contributed by atoms with Crippen LogP contribution in [0, 0.1) is 0 Å². The van der Waals surface area contributed by atoms with Crippen molar-refractivity contribution in [2.45, 2.75) is 39.3 Å². The molecular weight excluding hydrogens is 372 g/mol. The van der Waals surface area contributed by atoms with Crippen molar-refractivity contribution in [3.63, 3.8) is 0 Å². The van der Waals surface area contributed by atoms with E-state index in [1.807, 2.05) is 35.1 Å². The smallest absolute Gasteiger partial charge is 0.226 e. The van der Waals surface area contributed by atoms with Crippen molar-refractivity contribution >= 4 is 22.8 Å². The second-order valence-corrected chi connectivity index (χ2v) is 7.48. The molecule has 0 saturated heterocycles. The Morgan fingerprint density at radius 3 is 2.43 bits per heavy atom. The zero-order valence-electron chi connectivity index (χ0n) is 17.5. The number of hydrogen-bond acceptors (Lipinski definition) is 5. The third-order valence-electron chi connectivity index (χ3n) is 5.14. The fourth-order valence-corrected chi connectivity index (χ4v) is 3.42. The normalized spacial score (nSPS) is 12.1. The summed E-state index contributed by atoms with van der Waals surface area (Å²) < 4.78 is 1.94. The number of aromatic nitrogens is 4. The number of benzene rings is 2. The highest BCUT2D eigenvalue weighted by atomic mass is 15.3. The molecular formula is C24H28N6. The molecule has 1 unspecified atom stereocenters. The predicted octanol–water partition coefficient (Wildman–Crippen LogP) is 5.26. The zero-order valence-corrected chi connectivity index (χ0v) is 17.5. The van der Waals surface area contributed by atoms with E-state index in [0.29, 0.717) is 12.5 Å². The van der Waals surface area contributed by atoms with E-state index >= 15 is 0 Å². The van der Waals surface area contributed by atoms with E-state index < -0.39 is 0 Å². The lowest BCUT2D eigenvalue weighted by molar-refractivity contribution is 0.703. The summed E-state index contributed by atoms with van der Waals surface area (Å²) in [6, 6.07) is 20.8. The lowest BCUT2D eigenvalue weighted by Gasteiger charge is -2.16. The van der Waals surface area contributed by atoms with E-state index in [0.717, 1.165) is 36.2 Å². The highest BCUT2D eigenvalue weighted by Gasteiger charge is 2.15. The van der Waals surface area contributed by atoms with Gasteiger partial charge in [-0.2, -0.15) is 15.1 Å². The van der Waals surface area contributed by atoms with Crippen LogP contribution >= 0.6 is 0 Å². The van der Waals surface area contributed by atoms with Crippen LogP contribution in [-0.2, 0) is 6.54 Å². The molecule has 0 amide bonds. The summed E-state index contributed by atoms with van der Waals surface area (Å²) in [4.78, 5) is 9.55. The molecule has 0 aliphatic heterocycles. The number of rotatable bonds is 9. The van der Waals surface area contributed by atoms with E-state index in [-0.39, 0.29) is 6.04 Å². The molecule has 30 heavy (non-hydrogen) atoms. The van der Waals surface area contributed by atoms with Crippen molar-refractivity contribution in [3.05, 3.63) is 78.0 Å². The molecule has 0 bridgehead atoms. The molecule has 2 N–H and O–H groups in total. The molecule has 0 fully saturated rings. The Balaban J connectivity index is 1.68. The summed E-state index contributed by atoms with van der Waals surface area (Å²) >= 11 is 0. The molecule has 0 spiro atoms. The molecule has 4 aromatic rings. The number of hydrogen-bond donors (Lipinski definition) is 2. The molecule has 0 radical (unpaired) electrons. The molecule has 6 nitrogen and oxygen atoms in total. The van der Waals surface area contributed by atoms with Gasteiger partial charge in [-0.25, -0.2) is 4.68 Å². The van der Waals surface area contributed by atoms with Crippen LogP contribution in [0.2, 0.25) is 0 Å². The summed E-state index contributed by atoms with van der Waals surface area (Å²) in [5, 5.41) is 12.5. The van der Waals surface area contributed by atoms with Gasteiger partial charge in [0.05, 0.1) is 18.1 Å². The van der Waals surface area contributed by atoms with Crippen LogP contribution in [0.25, 0.3) is 11.0 Å². The number of fused-ring (bicyclic) bond motifs is 1. The first kappa shape index (κ1) is 19.9. The Bertz CT molecular complexity index is 1080. The van der Waals surface area contributed by atoms with Crippen LogP contribution in [0.3, 0.4) is 0 Å². The molecule has 4 rings (SSSR count). The van der Waals surface area contributed by atoms with Gasteiger partial charge in [-0.15, -0.1) is 0 Å². The Kier molecular flexibility index (Phi) is 6.23. The van der Waals surface area contributed by atoms with Gasteiger partial charge in [0.1, 0.15) is 5.82 Å². The summed E-state index contributed by atoms with van der Waals surface area (Å²) in [6.07, 6.45) is 4.05. The number of unbranched alkanes of at least 4 members (excludes halogenated alkanes) is 1. The Morgan fingerprint density at radius 2 is 1.70 bits per heavy atom. The molecule has 2 heterocycles. The maximum atomic E-state index is 4.78. The van der Waals surface area contributed by atoms with E-state index in [9.17, 15) is 0 Å². The monoisotopic (exact) mass is 400 g/mol. The maximum absolute atomic E-state index is 4.78. The van der Waals surface area contributed by atoms with Gasteiger partial charge < -0.3 is 10.6 Å². The SMILES string of the molecule is CCCCNc1nc(NC(C)c2ccccc2)c2cnn(Cc3ccccc3)c2n1. The lowest BCUT2D eigenvalue weighted by atomic mass is 10.1. The largest absolute Gasteiger partial charge is 0.363 e. The van der Waals surface area contributed by atoms with Crippen LogP contribution in [0.5, 0.6) is 0 Å². The first-order valence-electron chi connectivity index (χ1n) is 10.6. The topological polar surface area (TPSA) is 67.7 Å². The summed E-state index contributed by atoms with van der Waals surface area (Å²) in [7, 11) is 0. The molecule has 0 aliphatic carbocycles. The van der Waals surface area contributed by atoms with Crippen molar-refractivity contribution < 1.29 is 0 Å². The summed E-state index contributed by atoms with van der Waals surface area (Å²) in [6.45, 7) is 5.84. The fourth-order valence-electron chi connectivity index (χ4n) is 3.42. The average molecular weight is 401 g/mol. The van der Waals surface area contributed by atoms with Gasteiger partial charge in [0.25, 0.3) is 0 Å². The zero-order chi connectivity index (χ0) is 20.8.